The summed E-state index contributed by atoms with van der Waals surface area (Å²) < 4.78 is 3.19. The minimum Gasteiger partial charge on any atom is -0.294 e. The summed E-state index contributed by atoms with van der Waals surface area (Å²) >= 11 is 5.66. The fourth-order valence-electron chi connectivity index (χ4n) is 2.33. The second kappa shape index (κ2) is 5.02. The molecule has 0 saturated carbocycles. The summed E-state index contributed by atoms with van der Waals surface area (Å²) in [5, 5.41) is 0.771. The highest BCUT2D eigenvalue weighted by atomic mass is 79.9. The second-order valence-electron chi connectivity index (χ2n) is 4.50. The molecule has 1 atom stereocenters. The van der Waals surface area contributed by atoms with Crippen LogP contribution in [0.25, 0.3) is 5.65 Å². The van der Waals surface area contributed by atoms with Crippen molar-refractivity contribution in [2.24, 2.45) is 0 Å². The SMILES string of the molecule is Brc1cccc2nc(CC3CCCCS3)cn12. The smallest absolute Gasteiger partial charge is 0.137 e. The van der Waals surface area contributed by atoms with Gasteiger partial charge in [-0.05, 0) is 46.7 Å². The largest absolute Gasteiger partial charge is 0.294 e. The molecular formula is C13H15BrN2S. The lowest BCUT2D eigenvalue weighted by molar-refractivity contribution is 0.656. The third-order valence-corrected chi connectivity index (χ3v) is 5.25. The first-order valence-corrected chi connectivity index (χ1v) is 7.91. The van der Waals surface area contributed by atoms with Crippen molar-refractivity contribution in [2.45, 2.75) is 30.9 Å². The molecule has 2 aromatic heterocycles. The first-order chi connectivity index (χ1) is 8.33. The Morgan fingerprint density at radius 3 is 3.12 bits per heavy atom. The van der Waals surface area contributed by atoms with Crippen molar-refractivity contribution >= 4 is 33.3 Å². The van der Waals surface area contributed by atoms with Crippen molar-refractivity contribution in [2.75, 3.05) is 5.75 Å². The summed E-state index contributed by atoms with van der Waals surface area (Å²) in [4.78, 5) is 4.69. The highest BCUT2D eigenvalue weighted by Crippen LogP contribution is 2.28. The van der Waals surface area contributed by atoms with Gasteiger partial charge in [0.15, 0.2) is 0 Å². The highest BCUT2D eigenvalue weighted by Gasteiger charge is 2.16. The molecule has 2 aromatic rings. The van der Waals surface area contributed by atoms with Crippen LogP contribution in [0.5, 0.6) is 0 Å². The summed E-state index contributed by atoms with van der Waals surface area (Å²) in [7, 11) is 0. The van der Waals surface area contributed by atoms with Gasteiger partial charge in [0.25, 0.3) is 0 Å². The van der Waals surface area contributed by atoms with Gasteiger partial charge in [0, 0.05) is 17.9 Å². The van der Waals surface area contributed by atoms with Crippen molar-refractivity contribution in [1.29, 1.82) is 0 Å². The predicted octanol–water partition coefficient (Wildman–Crippen LogP) is 3.93. The van der Waals surface area contributed by atoms with E-state index in [0.717, 1.165) is 21.9 Å². The van der Waals surface area contributed by atoms with Crippen LogP contribution in [0.4, 0.5) is 0 Å². The van der Waals surface area contributed by atoms with E-state index in [2.05, 4.69) is 49.3 Å². The molecule has 0 radical (unpaired) electrons. The summed E-state index contributed by atoms with van der Waals surface area (Å²) in [5.74, 6) is 1.32. The van der Waals surface area contributed by atoms with Crippen molar-refractivity contribution in [1.82, 2.24) is 9.38 Å². The molecule has 2 nitrogen and oxygen atoms in total. The van der Waals surface area contributed by atoms with Crippen LogP contribution in [0, 0.1) is 0 Å². The summed E-state index contributed by atoms with van der Waals surface area (Å²) in [6.45, 7) is 0. The van der Waals surface area contributed by atoms with E-state index in [0.29, 0.717) is 0 Å². The van der Waals surface area contributed by atoms with Gasteiger partial charge in [-0.15, -0.1) is 0 Å². The quantitative estimate of drug-likeness (QED) is 0.782. The highest BCUT2D eigenvalue weighted by molar-refractivity contribution is 9.10. The van der Waals surface area contributed by atoms with E-state index < -0.39 is 0 Å². The molecule has 0 N–H and O–H groups in total. The molecule has 17 heavy (non-hydrogen) atoms. The molecule has 3 heterocycles. The molecule has 1 saturated heterocycles. The first-order valence-electron chi connectivity index (χ1n) is 6.07. The fraction of sp³-hybridized carbons (Fsp3) is 0.462. The molecule has 0 bridgehead atoms. The fourth-order valence-corrected chi connectivity index (χ4v) is 4.09. The molecule has 3 rings (SSSR count). The standard InChI is InChI=1S/C13H15BrN2S/c14-12-5-3-6-13-15-10(9-16(12)13)8-11-4-1-2-7-17-11/h3,5-6,9,11H,1-2,4,7-8H2. The molecule has 1 aliphatic heterocycles. The molecule has 4 heteroatoms. The van der Waals surface area contributed by atoms with Crippen LogP contribution < -0.4 is 0 Å². The average molecular weight is 311 g/mol. The number of nitrogens with zero attached hydrogens (tertiary/aromatic N) is 2. The number of halogens is 1. The lowest BCUT2D eigenvalue weighted by atomic mass is 10.1. The van der Waals surface area contributed by atoms with Crippen molar-refractivity contribution < 1.29 is 0 Å². The van der Waals surface area contributed by atoms with Crippen LogP contribution in [0.1, 0.15) is 25.0 Å². The van der Waals surface area contributed by atoms with Gasteiger partial charge in [-0.1, -0.05) is 12.5 Å². The molecule has 0 aliphatic carbocycles. The molecule has 1 fully saturated rings. The first kappa shape index (κ1) is 11.6. The van der Waals surface area contributed by atoms with E-state index >= 15 is 0 Å². The van der Waals surface area contributed by atoms with Crippen LogP contribution in [0.2, 0.25) is 0 Å². The van der Waals surface area contributed by atoms with Crippen molar-refractivity contribution in [3.63, 3.8) is 0 Å². The Balaban J connectivity index is 1.83. The number of thioether (sulfide) groups is 1. The van der Waals surface area contributed by atoms with Gasteiger partial charge in [0.1, 0.15) is 5.65 Å². The monoisotopic (exact) mass is 310 g/mol. The zero-order valence-corrected chi connectivity index (χ0v) is 12.0. The lowest BCUT2D eigenvalue weighted by Gasteiger charge is -2.19. The second-order valence-corrected chi connectivity index (χ2v) is 6.72. The number of pyridine rings is 1. The zero-order chi connectivity index (χ0) is 11.7. The van der Waals surface area contributed by atoms with Crippen molar-refractivity contribution in [3.8, 4) is 0 Å². The Labute approximate surface area is 114 Å². The normalized spacial score (nSPS) is 20.9. The van der Waals surface area contributed by atoms with Gasteiger partial charge in [-0.25, -0.2) is 4.98 Å². The van der Waals surface area contributed by atoms with Crippen molar-refractivity contribution in [3.05, 3.63) is 34.7 Å². The minimum atomic E-state index is 0.771. The van der Waals surface area contributed by atoms with Crippen LogP contribution in [-0.4, -0.2) is 20.4 Å². The Bertz CT molecular complexity index is 517. The third kappa shape index (κ3) is 2.52. The van der Waals surface area contributed by atoms with Crippen LogP contribution in [0.15, 0.2) is 29.0 Å². The molecule has 0 spiro atoms. The Kier molecular flexibility index (Phi) is 3.43. The van der Waals surface area contributed by atoms with Gasteiger partial charge in [-0.2, -0.15) is 11.8 Å². The van der Waals surface area contributed by atoms with Crippen LogP contribution in [-0.2, 0) is 6.42 Å². The third-order valence-electron chi connectivity index (χ3n) is 3.20. The van der Waals surface area contributed by atoms with Crippen LogP contribution >= 0.6 is 27.7 Å². The molecule has 90 valence electrons. The van der Waals surface area contributed by atoms with E-state index in [9.17, 15) is 0 Å². The van der Waals surface area contributed by atoms with E-state index in [1.54, 1.807) is 0 Å². The number of rotatable bonds is 2. The zero-order valence-electron chi connectivity index (χ0n) is 9.60. The molecule has 1 unspecified atom stereocenters. The van der Waals surface area contributed by atoms with E-state index in [-0.39, 0.29) is 0 Å². The average Bonchev–Trinajstić information content (AvgIpc) is 2.74. The van der Waals surface area contributed by atoms with Gasteiger partial charge in [0.2, 0.25) is 0 Å². The topological polar surface area (TPSA) is 17.3 Å². The molecule has 1 aliphatic rings. The van der Waals surface area contributed by atoms with E-state index in [1.165, 1.54) is 30.7 Å². The number of hydrogen-bond donors (Lipinski definition) is 0. The summed E-state index contributed by atoms with van der Waals surface area (Å²) in [6.07, 6.45) is 7.39. The number of fused-ring (bicyclic) bond motifs is 1. The number of hydrogen-bond acceptors (Lipinski definition) is 2. The summed E-state index contributed by atoms with van der Waals surface area (Å²) in [5.41, 5.74) is 2.26. The maximum atomic E-state index is 4.69. The van der Waals surface area contributed by atoms with Crippen LogP contribution in [0.3, 0.4) is 0 Å². The van der Waals surface area contributed by atoms with Gasteiger partial charge in [0.05, 0.1) is 10.3 Å². The number of aromatic nitrogens is 2. The minimum absolute atomic E-state index is 0.771. The Morgan fingerprint density at radius 2 is 2.35 bits per heavy atom. The van der Waals surface area contributed by atoms with E-state index in [1.807, 2.05) is 12.1 Å². The van der Waals surface area contributed by atoms with E-state index in [4.69, 9.17) is 0 Å². The van der Waals surface area contributed by atoms with Gasteiger partial charge in [-0.3, -0.25) is 4.40 Å². The molecular weight excluding hydrogens is 296 g/mol. The predicted molar refractivity (Wildman–Crippen MR) is 76.7 cm³/mol. The molecule has 0 aromatic carbocycles. The van der Waals surface area contributed by atoms with Gasteiger partial charge >= 0.3 is 0 Å². The lowest BCUT2D eigenvalue weighted by Crippen LogP contribution is -2.12. The summed E-state index contributed by atoms with van der Waals surface area (Å²) in [6, 6.07) is 6.14. The number of imidazole rings is 1. The Hall–Kier alpha value is -0.480. The van der Waals surface area contributed by atoms with Gasteiger partial charge < -0.3 is 0 Å². The maximum absolute atomic E-state index is 4.69. The molecule has 0 amide bonds. The Morgan fingerprint density at radius 1 is 1.41 bits per heavy atom. The maximum Gasteiger partial charge on any atom is 0.137 e.